The van der Waals surface area contributed by atoms with Gasteiger partial charge in [-0.05, 0) is 66.5 Å². The third-order valence-electron chi connectivity index (χ3n) is 5.86. The molecule has 0 aliphatic heterocycles. The summed E-state index contributed by atoms with van der Waals surface area (Å²) in [6.45, 7) is 13.3. The number of aliphatic hydroxyl groups excluding tert-OH is 1. The Morgan fingerprint density at radius 1 is 1.20 bits per heavy atom. The molecule has 5 N–H and O–H groups in total. The minimum Gasteiger partial charge on any atom is -0.508 e. The Balaban J connectivity index is 2.61. The van der Waals surface area contributed by atoms with E-state index in [4.69, 9.17) is 5.73 Å². The number of nitrogens with one attached hydrogen (secondary N) is 1. The second-order valence-corrected chi connectivity index (χ2v) is 10.0. The number of phenolic OH excluding ortho intramolecular Hbond substituents is 1. The van der Waals surface area contributed by atoms with Crippen LogP contribution < -0.4 is 11.1 Å². The molecule has 1 rings (SSSR count). The van der Waals surface area contributed by atoms with E-state index in [2.05, 4.69) is 52.9 Å². The number of hydrogen-bond donors (Lipinski definition) is 4. The van der Waals surface area contributed by atoms with Gasteiger partial charge in [-0.2, -0.15) is 0 Å². The topological polar surface area (TPSA) is 95.6 Å². The molecule has 0 aliphatic rings. The van der Waals surface area contributed by atoms with E-state index in [1.165, 1.54) is 0 Å². The molecule has 5 nitrogen and oxygen atoms in total. The lowest BCUT2D eigenvalue weighted by atomic mass is 9.81. The van der Waals surface area contributed by atoms with Crippen LogP contribution in [0.4, 0.5) is 0 Å². The van der Waals surface area contributed by atoms with Crippen molar-refractivity contribution in [2.45, 2.75) is 97.6 Å². The second-order valence-electron chi connectivity index (χ2n) is 10.0. The quantitative estimate of drug-likeness (QED) is 0.380. The number of hydrogen-bond acceptors (Lipinski definition) is 4. The third kappa shape index (κ3) is 9.05. The summed E-state index contributed by atoms with van der Waals surface area (Å²) < 4.78 is 0. The number of carbonyl (C=O) groups excluding carboxylic acids is 1. The minimum atomic E-state index is -0.993. The molecule has 5 heteroatoms. The molecule has 1 amide bonds. The number of phenols is 1. The van der Waals surface area contributed by atoms with Gasteiger partial charge in [0.25, 0.3) is 0 Å². The molecule has 1 aromatic rings. The van der Waals surface area contributed by atoms with Gasteiger partial charge in [-0.15, -0.1) is 0 Å². The number of nitrogens with two attached hydrogens (primary N) is 1. The molecule has 0 saturated heterocycles. The highest BCUT2D eigenvalue weighted by molar-refractivity contribution is 5.80. The zero-order valence-corrected chi connectivity index (χ0v) is 19.9. The summed E-state index contributed by atoms with van der Waals surface area (Å²) in [7, 11) is 0. The standard InChI is InChI=1S/C25H44N2O3/c1-7-8-13-27-24(30)22(28)12-10-20(26)16-19(17(2)3)14-18-9-11-21(23(29)15-18)25(4,5)6/h9,11,15,17,19-20,22,28-29H,7-8,10,12-14,16,26H2,1-6H3,(H,27,30)/t19-,20-,22-/m0/s1. The summed E-state index contributed by atoms with van der Waals surface area (Å²) in [6.07, 6.45) is 3.60. The van der Waals surface area contributed by atoms with Crippen molar-refractivity contribution >= 4 is 5.91 Å². The van der Waals surface area contributed by atoms with Crippen molar-refractivity contribution in [2.75, 3.05) is 6.54 Å². The largest absolute Gasteiger partial charge is 0.508 e. The van der Waals surface area contributed by atoms with E-state index < -0.39 is 6.10 Å². The van der Waals surface area contributed by atoms with Crippen LogP contribution in [-0.4, -0.2) is 34.8 Å². The maximum absolute atomic E-state index is 11.9. The van der Waals surface area contributed by atoms with E-state index in [0.717, 1.165) is 36.8 Å². The lowest BCUT2D eigenvalue weighted by molar-refractivity contribution is -0.129. The van der Waals surface area contributed by atoms with Crippen molar-refractivity contribution in [3.8, 4) is 5.75 Å². The average molecular weight is 421 g/mol. The first-order valence-electron chi connectivity index (χ1n) is 11.5. The van der Waals surface area contributed by atoms with Gasteiger partial charge in [0.05, 0.1) is 0 Å². The molecule has 0 bridgehead atoms. The molecule has 0 radical (unpaired) electrons. The maximum atomic E-state index is 11.9. The number of carbonyl (C=O) groups is 1. The summed E-state index contributed by atoms with van der Waals surface area (Å²) in [5.74, 6) is 0.868. The lowest BCUT2D eigenvalue weighted by Gasteiger charge is -2.26. The van der Waals surface area contributed by atoms with Crippen LogP contribution in [0, 0.1) is 11.8 Å². The molecule has 30 heavy (non-hydrogen) atoms. The zero-order chi connectivity index (χ0) is 22.9. The van der Waals surface area contributed by atoms with Gasteiger partial charge in [0.2, 0.25) is 5.91 Å². The molecule has 0 heterocycles. The number of unbranched alkanes of at least 4 members (excludes halogenated alkanes) is 1. The van der Waals surface area contributed by atoms with E-state index in [9.17, 15) is 15.0 Å². The summed E-state index contributed by atoms with van der Waals surface area (Å²) in [5, 5.41) is 23.3. The Morgan fingerprint density at radius 2 is 1.87 bits per heavy atom. The van der Waals surface area contributed by atoms with Crippen molar-refractivity contribution in [1.29, 1.82) is 0 Å². The molecule has 1 aromatic carbocycles. The van der Waals surface area contributed by atoms with Crippen molar-refractivity contribution in [2.24, 2.45) is 17.6 Å². The fraction of sp³-hybridized carbons (Fsp3) is 0.720. The molecular weight excluding hydrogens is 376 g/mol. The normalized spacial score (nSPS) is 15.1. The number of rotatable bonds is 12. The smallest absolute Gasteiger partial charge is 0.248 e. The molecule has 0 aromatic heterocycles. The predicted molar refractivity (Wildman–Crippen MR) is 125 cm³/mol. The summed E-state index contributed by atoms with van der Waals surface area (Å²) in [6, 6.07) is 5.94. The van der Waals surface area contributed by atoms with Gasteiger partial charge in [0.15, 0.2) is 0 Å². The van der Waals surface area contributed by atoms with Crippen molar-refractivity contribution in [1.82, 2.24) is 5.32 Å². The van der Waals surface area contributed by atoms with Crippen LogP contribution >= 0.6 is 0 Å². The maximum Gasteiger partial charge on any atom is 0.248 e. The Morgan fingerprint density at radius 3 is 2.40 bits per heavy atom. The lowest BCUT2D eigenvalue weighted by Crippen LogP contribution is -2.36. The zero-order valence-electron chi connectivity index (χ0n) is 19.9. The first-order chi connectivity index (χ1) is 14.0. The van der Waals surface area contributed by atoms with E-state index >= 15 is 0 Å². The van der Waals surface area contributed by atoms with Crippen LogP contribution in [-0.2, 0) is 16.6 Å². The molecule has 0 aliphatic carbocycles. The molecule has 0 unspecified atom stereocenters. The first-order valence-corrected chi connectivity index (χ1v) is 11.5. The molecule has 0 saturated carbocycles. The highest BCUT2D eigenvalue weighted by atomic mass is 16.3. The molecular formula is C25H44N2O3. The SMILES string of the molecule is CCCCNC(=O)[C@@H](O)CC[C@H](N)C[C@H](Cc1ccc(C(C)(C)C)c(O)c1)C(C)C. The number of aromatic hydroxyl groups is 1. The Labute approximate surface area is 183 Å². The van der Waals surface area contributed by atoms with Gasteiger partial charge < -0.3 is 21.3 Å². The van der Waals surface area contributed by atoms with Crippen LogP contribution in [0.25, 0.3) is 0 Å². The predicted octanol–water partition coefficient (Wildman–Crippen LogP) is 4.28. The van der Waals surface area contributed by atoms with Gasteiger partial charge in [0, 0.05) is 12.6 Å². The van der Waals surface area contributed by atoms with Crippen LogP contribution in [0.1, 0.15) is 84.8 Å². The average Bonchev–Trinajstić information content (AvgIpc) is 2.64. The highest BCUT2D eigenvalue weighted by Crippen LogP contribution is 2.32. The van der Waals surface area contributed by atoms with Gasteiger partial charge in [-0.1, -0.05) is 60.1 Å². The van der Waals surface area contributed by atoms with Crippen LogP contribution in [0.5, 0.6) is 5.75 Å². The second kappa shape index (κ2) is 12.3. The number of aliphatic hydroxyl groups is 1. The third-order valence-corrected chi connectivity index (χ3v) is 5.86. The Hall–Kier alpha value is -1.59. The monoisotopic (exact) mass is 420 g/mol. The molecule has 0 spiro atoms. The van der Waals surface area contributed by atoms with Crippen LogP contribution in [0.15, 0.2) is 18.2 Å². The summed E-state index contributed by atoms with van der Waals surface area (Å²) >= 11 is 0. The van der Waals surface area contributed by atoms with Gasteiger partial charge in [-0.3, -0.25) is 4.79 Å². The van der Waals surface area contributed by atoms with E-state index in [1.54, 1.807) is 0 Å². The van der Waals surface area contributed by atoms with Crippen molar-refractivity contribution in [3.05, 3.63) is 29.3 Å². The molecule has 172 valence electrons. The Bertz CT molecular complexity index is 652. The van der Waals surface area contributed by atoms with Crippen LogP contribution in [0.2, 0.25) is 0 Å². The molecule has 3 atom stereocenters. The van der Waals surface area contributed by atoms with Gasteiger partial charge in [0.1, 0.15) is 11.9 Å². The highest BCUT2D eigenvalue weighted by Gasteiger charge is 2.22. The number of benzene rings is 1. The van der Waals surface area contributed by atoms with Crippen molar-refractivity contribution in [3.63, 3.8) is 0 Å². The van der Waals surface area contributed by atoms with Gasteiger partial charge >= 0.3 is 0 Å². The first kappa shape index (κ1) is 26.4. The minimum absolute atomic E-state index is 0.0714. The number of amides is 1. The van der Waals surface area contributed by atoms with Gasteiger partial charge in [-0.25, -0.2) is 0 Å². The van der Waals surface area contributed by atoms with Crippen LogP contribution in [0.3, 0.4) is 0 Å². The van der Waals surface area contributed by atoms with E-state index in [-0.39, 0.29) is 17.4 Å². The summed E-state index contributed by atoms with van der Waals surface area (Å²) in [5.41, 5.74) is 8.33. The van der Waals surface area contributed by atoms with Crippen molar-refractivity contribution < 1.29 is 15.0 Å². The fourth-order valence-corrected chi connectivity index (χ4v) is 3.75. The fourth-order valence-electron chi connectivity index (χ4n) is 3.75. The van der Waals surface area contributed by atoms with E-state index in [0.29, 0.717) is 37.0 Å². The molecule has 0 fully saturated rings. The Kier molecular flexibility index (Phi) is 10.9. The summed E-state index contributed by atoms with van der Waals surface area (Å²) in [4.78, 5) is 11.9. The van der Waals surface area contributed by atoms with E-state index in [1.807, 2.05) is 12.1 Å².